The number of hydrogen-bond acceptors (Lipinski definition) is 1. The number of nitrogens with zero attached hydrogens (tertiary/aromatic N) is 1. The molecule has 1 aromatic rings. The summed E-state index contributed by atoms with van der Waals surface area (Å²) in [5.74, 6) is 0. The molecule has 1 heteroatoms. The van der Waals surface area contributed by atoms with Gasteiger partial charge >= 0.3 is 0 Å². The van der Waals surface area contributed by atoms with Crippen molar-refractivity contribution in [1.82, 2.24) is 4.90 Å². The highest BCUT2D eigenvalue weighted by molar-refractivity contribution is 5.20. The number of rotatable bonds is 5. The summed E-state index contributed by atoms with van der Waals surface area (Å²) in [5.41, 5.74) is 1.45. The van der Waals surface area contributed by atoms with Crippen molar-refractivity contribution in [3.05, 3.63) is 48.6 Å². The van der Waals surface area contributed by atoms with Gasteiger partial charge in [-0.1, -0.05) is 43.3 Å². The largest absolute Gasteiger partial charge is 0.300 e. The summed E-state index contributed by atoms with van der Waals surface area (Å²) in [6, 6.07) is 10.6. The van der Waals surface area contributed by atoms with Crippen LogP contribution in [0.15, 0.2) is 43.0 Å². The fourth-order valence-corrected chi connectivity index (χ4v) is 1.95. The van der Waals surface area contributed by atoms with E-state index in [-0.39, 0.29) is 5.54 Å². The average molecular weight is 203 g/mol. The van der Waals surface area contributed by atoms with Gasteiger partial charge in [0, 0.05) is 5.54 Å². The van der Waals surface area contributed by atoms with Gasteiger partial charge in [0.1, 0.15) is 0 Å². The highest BCUT2D eigenvalue weighted by atomic mass is 15.1. The third-order valence-electron chi connectivity index (χ3n) is 3.24. The van der Waals surface area contributed by atoms with Gasteiger partial charge in [-0.2, -0.15) is 0 Å². The number of likely N-dealkylation sites (N-methyl/N-ethyl adjacent to an activating group) is 1. The van der Waals surface area contributed by atoms with E-state index in [0.717, 1.165) is 12.8 Å². The Morgan fingerprint density at radius 1 is 1.27 bits per heavy atom. The SMILES string of the molecule is C=CC(CC)(Cc1ccccc1)N(C)C. The summed E-state index contributed by atoms with van der Waals surface area (Å²) in [6.45, 7) is 6.19. The first-order chi connectivity index (χ1) is 7.14. The van der Waals surface area contributed by atoms with Gasteiger partial charge in [0.25, 0.3) is 0 Å². The summed E-state index contributed by atoms with van der Waals surface area (Å²) in [7, 11) is 4.24. The molecule has 1 atom stereocenters. The zero-order valence-electron chi connectivity index (χ0n) is 10.0. The van der Waals surface area contributed by atoms with Gasteiger partial charge < -0.3 is 0 Å². The van der Waals surface area contributed by atoms with Crippen molar-refractivity contribution in [1.29, 1.82) is 0 Å². The van der Waals surface area contributed by atoms with E-state index in [1.54, 1.807) is 0 Å². The van der Waals surface area contributed by atoms with Crippen LogP contribution in [0, 0.1) is 0 Å². The van der Waals surface area contributed by atoms with Crippen LogP contribution in [0.25, 0.3) is 0 Å². The molecule has 0 bridgehead atoms. The van der Waals surface area contributed by atoms with Crippen LogP contribution >= 0.6 is 0 Å². The Balaban J connectivity index is 2.89. The maximum atomic E-state index is 3.98. The van der Waals surface area contributed by atoms with Crippen molar-refractivity contribution in [2.75, 3.05) is 14.1 Å². The Bertz CT molecular complexity index is 302. The quantitative estimate of drug-likeness (QED) is 0.665. The van der Waals surface area contributed by atoms with Crippen LogP contribution in [0.1, 0.15) is 18.9 Å². The van der Waals surface area contributed by atoms with E-state index in [2.05, 4.69) is 68.9 Å². The Labute approximate surface area is 93.4 Å². The van der Waals surface area contributed by atoms with Crippen LogP contribution in [0.3, 0.4) is 0 Å². The van der Waals surface area contributed by atoms with E-state index >= 15 is 0 Å². The molecule has 0 saturated heterocycles. The fraction of sp³-hybridized carbons (Fsp3) is 0.429. The average Bonchev–Trinajstić information content (AvgIpc) is 2.27. The Kier molecular flexibility index (Phi) is 4.10. The van der Waals surface area contributed by atoms with Gasteiger partial charge in [0.2, 0.25) is 0 Å². The van der Waals surface area contributed by atoms with E-state index in [1.807, 2.05) is 0 Å². The van der Waals surface area contributed by atoms with Gasteiger partial charge in [0.15, 0.2) is 0 Å². The van der Waals surface area contributed by atoms with E-state index in [4.69, 9.17) is 0 Å². The summed E-state index contributed by atoms with van der Waals surface area (Å²) in [6.07, 6.45) is 4.18. The summed E-state index contributed by atoms with van der Waals surface area (Å²) in [4.78, 5) is 2.26. The lowest BCUT2D eigenvalue weighted by atomic mass is 9.87. The number of benzene rings is 1. The highest BCUT2D eigenvalue weighted by Gasteiger charge is 2.26. The summed E-state index contributed by atoms with van der Waals surface area (Å²) < 4.78 is 0. The molecule has 0 aliphatic rings. The maximum Gasteiger partial charge on any atom is 0.0420 e. The Hall–Kier alpha value is -1.08. The molecule has 0 saturated carbocycles. The Morgan fingerprint density at radius 2 is 1.87 bits per heavy atom. The summed E-state index contributed by atoms with van der Waals surface area (Å²) in [5, 5.41) is 0. The van der Waals surface area contributed by atoms with Crippen LogP contribution in [0.2, 0.25) is 0 Å². The lowest BCUT2D eigenvalue weighted by molar-refractivity contribution is 0.200. The summed E-state index contributed by atoms with van der Waals surface area (Å²) >= 11 is 0. The molecule has 0 radical (unpaired) electrons. The van der Waals surface area contributed by atoms with Crippen molar-refractivity contribution in [3.8, 4) is 0 Å². The monoisotopic (exact) mass is 203 g/mol. The lowest BCUT2D eigenvalue weighted by Gasteiger charge is -2.36. The minimum absolute atomic E-state index is 0.0847. The van der Waals surface area contributed by atoms with Gasteiger partial charge in [-0.05, 0) is 32.5 Å². The highest BCUT2D eigenvalue weighted by Crippen LogP contribution is 2.23. The van der Waals surface area contributed by atoms with Gasteiger partial charge in [-0.25, -0.2) is 0 Å². The normalized spacial score (nSPS) is 14.9. The first-order valence-electron chi connectivity index (χ1n) is 5.49. The fourth-order valence-electron chi connectivity index (χ4n) is 1.95. The molecule has 0 amide bonds. The topological polar surface area (TPSA) is 3.24 Å². The second kappa shape index (κ2) is 5.13. The predicted molar refractivity (Wildman–Crippen MR) is 67.1 cm³/mol. The van der Waals surface area contributed by atoms with Crippen molar-refractivity contribution >= 4 is 0 Å². The molecule has 1 rings (SSSR count). The van der Waals surface area contributed by atoms with Gasteiger partial charge in [-0.3, -0.25) is 4.90 Å². The first-order valence-corrected chi connectivity index (χ1v) is 5.49. The minimum atomic E-state index is 0.0847. The van der Waals surface area contributed by atoms with Crippen LogP contribution in [0.5, 0.6) is 0 Å². The lowest BCUT2D eigenvalue weighted by Crippen LogP contribution is -2.43. The van der Waals surface area contributed by atoms with Gasteiger partial charge in [-0.15, -0.1) is 6.58 Å². The van der Waals surface area contributed by atoms with E-state index in [0.29, 0.717) is 0 Å². The minimum Gasteiger partial charge on any atom is -0.300 e. The molecule has 0 aliphatic heterocycles. The second-order valence-electron chi connectivity index (χ2n) is 4.22. The zero-order valence-corrected chi connectivity index (χ0v) is 10.0. The van der Waals surface area contributed by atoms with E-state index in [1.165, 1.54) is 5.56 Å². The molecule has 15 heavy (non-hydrogen) atoms. The molecule has 0 N–H and O–H groups in total. The van der Waals surface area contributed by atoms with Gasteiger partial charge in [0.05, 0.1) is 0 Å². The van der Waals surface area contributed by atoms with Crippen LogP contribution in [-0.2, 0) is 6.42 Å². The molecule has 82 valence electrons. The molecule has 0 spiro atoms. The van der Waals surface area contributed by atoms with Crippen LogP contribution < -0.4 is 0 Å². The molecule has 0 aliphatic carbocycles. The molecule has 1 aromatic carbocycles. The van der Waals surface area contributed by atoms with Crippen molar-refractivity contribution in [3.63, 3.8) is 0 Å². The van der Waals surface area contributed by atoms with E-state index < -0.39 is 0 Å². The van der Waals surface area contributed by atoms with Crippen molar-refractivity contribution < 1.29 is 0 Å². The van der Waals surface area contributed by atoms with Crippen molar-refractivity contribution in [2.45, 2.75) is 25.3 Å². The molecule has 1 unspecified atom stereocenters. The Morgan fingerprint density at radius 3 is 2.27 bits per heavy atom. The standard InChI is InChI=1S/C14H21N/c1-5-14(6-2,15(3)4)12-13-10-8-7-9-11-13/h5,7-11H,1,6,12H2,2-4H3. The smallest absolute Gasteiger partial charge is 0.0420 e. The van der Waals surface area contributed by atoms with Crippen LogP contribution in [0.4, 0.5) is 0 Å². The molecule has 0 aromatic heterocycles. The molecular weight excluding hydrogens is 182 g/mol. The van der Waals surface area contributed by atoms with Crippen molar-refractivity contribution in [2.24, 2.45) is 0 Å². The maximum absolute atomic E-state index is 3.98. The predicted octanol–water partition coefficient (Wildman–Crippen LogP) is 3.13. The zero-order chi connectivity index (χ0) is 11.3. The first kappa shape index (κ1) is 12.0. The second-order valence-corrected chi connectivity index (χ2v) is 4.22. The third-order valence-corrected chi connectivity index (χ3v) is 3.24. The molecule has 0 fully saturated rings. The molecular formula is C14H21N. The third kappa shape index (κ3) is 2.69. The molecule has 1 nitrogen and oxygen atoms in total. The van der Waals surface area contributed by atoms with E-state index in [9.17, 15) is 0 Å². The number of hydrogen-bond donors (Lipinski definition) is 0. The van der Waals surface area contributed by atoms with Crippen LogP contribution in [-0.4, -0.2) is 24.5 Å². The molecule has 0 heterocycles.